The maximum absolute atomic E-state index is 13.1. The van der Waals surface area contributed by atoms with E-state index in [0.717, 1.165) is 0 Å². The van der Waals surface area contributed by atoms with Crippen molar-refractivity contribution in [3.63, 3.8) is 0 Å². The first-order valence-corrected chi connectivity index (χ1v) is 10.8. The molecule has 0 fully saturated rings. The molecule has 0 saturated heterocycles. The van der Waals surface area contributed by atoms with Crippen LogP contribution in [0, 0.1) is 5.92 Å². The molecule has 178 valence electrons. The highest BCUT2D eigenvalue weighted by Gasteiger charge is 2.35. The Hall–Kier alpha value is -3.53. The fraction of sp³-hybridized carbons (Fsp3) is 0.435. The van der Waals surface area contributed by atoms with Crippen LogP contribution < -0.4 is 15.8 Å². The molecule has 10 nitrogen and oxygen atoms in total. The molecule has 2 aromatic rings. The SMILES string of the molecule is CC(C)C[C@@H](C(=O)Nc1ccn(CC(C)(C)O)n1)N1CC(Oc2cccc(O)c2N)=CC1=O. The molecule has 33 heavy (non-hydrogen) atoms. The molecule has 1 aromatic carbocycles. The van der Waals surface area contributed by atoms with Crippen LogP contribution in [0.4, 0.5) is 11.5 Å². The number of para-hydroxylation sites is 1. The molecule has 10 heteroatoms. The van der Waals surface area contributed by atoms with Gasteiger partial charge in [0, 0.05) is 18.3 Å². The molecular weight excluding hydrogens is 426 g/mol. The van der Waals surface area contributed by atoms with Crippen LogP contribution in [0.1, 0.15) is 34.1 Å². The first-order valence-electron chi connectivity index (χ1n) is 10.8. The number of nitrogens with two attached hydrogens (primary N) is 1. The van der Waals surface area contributed by atoms with Gasteiger partial charge in [-0.2, -0.15) is 5.10 Å². The lowest BCUT2D eigenvalue weighted by atomic mass is 10.0. The molecule has 2 amide bonds. The van der Waals surface area contributed by atoms with Crippen molar-refractivity contribution >= 4 is 23.3 Å². The molecule has 2 heterocycles. The van der Waals surface area contributed by atoms with Gasteiger partial charge in [0.1, 0.15) is 23.2 Å². The molecule has 1 aliphatic heterocycles. The van der Waals surface area contributed by atoms with E-state index in [-0.39, 0.29) is 48.0 Å². The number of ether oxygens (including phenoxy) is 1. The van der Waals surface area contributed by atoms with Gasteiger partial charge in [-0.25, -0.2) is 0 Å². The van der Waals surface area contributed by atoms with Crippen LogP contribution in [0.2, 0.25) is 0 Å². The van der Waals surface area contributed by atoms with Gasteiger partial charge in [0.25, 0.3) is 5.91 Å². The molecule has 0 spiro atoms. The highest BCUT2D eigenvalue weighted by atomic mass is 16.5. The standard InChI is InChI=1S/C23H31N5O5/c1-14(2)10-16(22(31)25-19-8-9-27(26-19)13-23(3,4)32)28-12-15(11-20(28)30)33-18-7-5-6-17(29)21(18)24/h5-9,11,14,16,29,32H,10,12-13,24H2,1-4H3,(H,25,26,31)/t16-/m0/s1. The van der Waals surface area contributed by atoms with Crippen molar-refractivity contribution in [3.8, 4) is 11.5 Å². The second-order valence-electron chi connectivity index (χ2n) is 9.21. The minimum absolute atomic E-state index is 0.0717. The number of rotatable bonds is 9. The van der Waals surface area contributed by atoms with E-state index >= 15 is 0 Å². The van der Waals surface area contributed by atoms with Gasteiger partial charge < -0.3 is 30.9 Å². The molecule has 0 radical (unpaired) electrons. The second kappa shape index (κ2) is 9.53. The van der Waals surface area contributed by atoms with E-state index in [1.54, 1.807) is 42.9 Å². The smallest absolute Gasteiger partial charge is 0.251 e. The summed E-state index contributed by atoms with van der Waals surface area (Å²) >= 11 is 0. The molecule has 0 bridgehead atoms. The predicted octanol–water partition coefficient (Wildman–Crippen LogP) is 2.10. The topological polar surface area (TPSA) is 143 Å². The molecule has 3 rings (SSSR count). The van der Waals surface area contributed by atoms with E-state index in [1.807, 2.05) is 13.8 Å². The predicted molar refractivity (Wildman–Crippen MR) is 123 cm³/mol. The van der Waals surface area contributed by atoms with Crippen LogP contribution in [-0.2, 0) is 16.1 Å². The minimum Gasteiger partial charge on any atom is -0.506 e. The minimum atomic E-state index is -0.948. The van der Waals surface area contributed by atoms with Gasteiger partial charge >= 0.3 is 0 Å². The Balaban J connectivity index is 1.71. The second-order valence-corrected chi connectivity index (χ2v) is 9.21. The van der Waals surface area contributed by atoms with Gasteiger partial charge in [0.15, 0.2) is 11.6 Å². The zero-order valence-corrected chi connectivity index (χ0v) is 19.3. The number of phenols is 1. The number of phenolic OH excluding ortho intramolecular Hbond substituents is 1. The summed E-state index contributed by atoms with van der Waals surface area (Å²) in [6, 6.07) is 5.51. The highest BCUT2D eigenvalue weighted by molar-refractivity contribution is 5.99. The van der Waals surface area contributed by atoms with Crippen molar-refractivity contribution in [1.82, 2.24) is 14.7 Å². The average molecular weight is 458 g/mol. The zero-order chi connectivity index (χ0) is 24.3. The third-order valence-corrected chi connectivity index (χ3v) is 4.99. The number of aromatic hydroxyl groups is 1. The van der Waals surface area contributed by atoms with E-state index < -0.39 is 11.6 Å². The first-order chi connectivity index (χ1) is 15.4. The van der Waals surface area contributed by atoms with Crippen LogP contribution in [0.15, 0.2) is 42.3 Å². The van der Waals surface area contributed by atoms with Crippen molar-refractivity contribution in [2.24, 2.45) is 5.92 Å². The van der Waals surface area contributed by atoms with Crippen LogP contribution in [0.3, 0.4) is 0 Å². The Morgan fingerprint density at radius 2 is 2.06 bits per heavy atom. The molecule has 0 unspecified atom stereocenters. The van der Waals surface area contributed by atoms with E-state index in [4.69, 9.17) is 10.5 Å². The summed E-state index contributed by atoms with van der Waals surface area (Å²) in [6.45, 7) is 7.63. The summed E-state index contributed by atoms with van der Waals surface area (Å²) in [6.07, 6.45) is 3.43. The lowest BCUT2D eigenvalue weighted by Crippen LogP contribution is -2.46. The van der Waals surface area contributed by atoms with E-state index in [2.05, 4.69) is 10.4 Å². The fourth-order valence-corrected chi connectivity index (χ4v) is 3.55. The fourth-order valence-electron chi connectivity index (χ4n) is 3.55. The third-order valence-electron chi connectivity index (χ3n) is 4.99. The molecule has 0 saturated carbocycles. The van der Waals surface area contributed by atoms with Gasteiger partial charge in [0.05, 0.1) is 18.7 Å². The Bertz CT molecular complexity index is 1050. The first kappa shape index (κ1) is 24.1. The molecule has 0 aliphatic carbocycles. The largest absolute Gasteiger partial charge is 0.506 e. The monoisotopic (exact) mass is 457 g/mol. The van der Waals surface area contributed by atoms with Crippen LogP contribution in [0.25, 0.3) is 0 Å². The van der Waals surface area contributed by atoms with E-state index in [1.165, 1.54) is 17.0 Å². The van der Waals surface area contributed by atoms with E-state index in [0.29, 0.717) is 18.0 Å². The third kappa shape index (κ3) is 6.26. The number of nitrogen functional groups attached to an aromatic ring is 1. The summed E-state index contributed by atoms with van der Waals surface area (Å²) in [5.74, 6) is 0.213. The Labute approximate surface area is 192 Å². The van der Waals surface area contributed by atoms with Crippen LogP contribution in [-0.4, -0.2) is 54.9 Å². The van der Waals surface area contributed by atoms with Gasteiger partial charge in [0.2, 0.25) is 5.91 Å². The summed E-state index contributed by atoms with van der Waals surface area (Å²) in [4.78, 5) is 27.3. The Morgan fingerprint density at radius 1 is 1.33 bits per heavy atom. The number of nitrogens with zero attached hydrogens (tertiary/aromatic N) is 3. The number of hydrogen-bond acceptors (Lipinski definition) is 7. The summed E-state index contributed by atoms with van der Waals surface area (Å²) < 4.78 is 7.28. The molecular formula is C23H31N5O5. The maximum Gasteiger partial charge on any atom is 0.251 e. The normalized spacial score (nSPS) is 15.0. The summed E-state index contributed by atoms with van der Waals surface area (Å²) in [5.41, 5.74) is 4.96. The Morgan fingerprint density at radius 3 is 2.73 bits per heavy atom. The number of hydrogen-bond donors (Lipinski definition) is 4. The summed E-state index contributed by atoms with van der Waals surface area (Å²) in [7, 11) is 0. The molecule has 1 aliphatic rings. The van der Waals surface area contributed by atoms with Crippen LogP contribution >= 0.6 is 0 Å². The average Bonchev–Trinajstić information content (AvgIpc) is 3.27. The number of carbonyl (C=O) groups excluding carboxylic acids is 2. The number of aliphatic hydroxyl groups is 1. The Kier molecular flexibility index (Phi) is 6.97. The van der Waals surface area contributed by atoms with Crippen LogP contribution in [0.5, 0.6) is 11.5 Å². The zero-order valence-electron chi connectivity index (χ0n) is 19.3. The number of carbonyl (C=O) groups is 2. The van der Waals surface area contributed by atoms with Crippen molar-refractivity contribution in [3.05, 3.63) is 42.3 Å². The number of nitrogens with one attached hydrogen (secondary N) is 1. The van der Waals surface area contributed by atoms with Gasteiger partial charge in [-0.15, -0.1) is 0 Å². The molecule has 5 N–H and O–H groups in total. The number of anilines is 2. The molecule has 1 aromatic heterocycles. The lowest BCUT2D eigenvalue weighted by molar-refractivity contribution is -0.133. The van der Waals surface area contributed by atoms with Gasteiger partial charge in [-0.05, 0) is 38.3 Å². The number of benzene rings is 1. The van der Waals surface area contributed by atoms with E-state index in [9.17, 15) is 19.8 Å². The van der Waals surface area contributed by atoms with Crippen molar-refractivity contribution in [2.45, 2.75) is 52.3 Å². The van der Waals surface area contributed by atoms with Gasteiger partial charge in [-0.1, -0.05) is 19.9 Å². The lowest BCUT2D eigenvalue weighted by Gasteiger charge is -2.28. The maximum atomic E-state index is 13.1. The van der Waals surface area contributed by atoms with Crippen molar-refractivity contribution in [1.29, 1.82) is 0 Å². The number of aromatic nitrogens is 2. The quantitative estimate of drug-likeness (QED) is 0.333. The van der Waals surface area contributed by atoms with Crippen molar-refractivity contribution in [2.75, 3.05) is 17.6 Å². The number of amides is 2. The van der Waals surface area contributed by atoms with Crippen molar-refractivity contribution < 1.29 is 24.5 Å². The summed E-state index contributed by atoms with van der Waals surface area (Å²) in [5, 5.41) is 26.8. The highest BCUT2D eigenvalue weighted by Crippen LogP contribution is 2.32. The molecule has 1 atom stereocenters. The van der Waals surface area contributed by atoms with Gasteiger partial charge in [-0.3, -0.25) is 14.3 Å².